The number of aromatic nitrogens is 2. The highest BCUT2D eigenvalue weighted by molar-refractivity contribution is 5.76. The van der Waals surface area contributed by atoms with Crippen molar-refractivity contribution in [3.63, 3.8) is 0 Å². The van der Waals surface area contributed by atoms with Crippen LogP contribution in [0.3, 0.4) is 0 Å². The molecule has 0 spiro atoms. The molecule has 1 aliphatic rings. The highest BCUT2D eigenvalue weighted by Gasteiger charge is 2.32. The van der Waals surface area contributed by atoms with Gasteiger partial charge >= 0.3 is 0 Å². The van der Waals surface area contributed by atoms with Crippen LogP contribution in [0.5, 0.6) is 0 Å². The molecule has 0 unspecified atom stereocenters. The topological polar surface area (TPSA) is 75.3 Å². The Hall–Kier alpha value is -2.47. The van der Waals surface area contributed by atoms with Crippen LogP contribution in [0.2, 0.25) is 0 Å². The van der Waals surface area contributed by atoms with Crippen LogP contribution in [0.4, 0.5) is 0 Å². The van der Waals surface area contributed by atoms with Gasteiger partial charge in [-0.25, -0.2) is 5.10 Å². The molecule has 1 amide bonds. The van der Waals surface area contributed by atoms with E-state index >= 15 is 0 Å². The molecule has 138 valence electrons. The second-order valence-corrected chi connectivity index (χ2v) is 7.03. The van der Waals surface area contributed by atoms with Crippen molar-refractivity contribution >= 4 is 5.91 Å². The van der Waals surface area contributed by atoms with Crippen molar-refractivity contribution in [3.05, 3.63) is 64.1 Å². The summed E-state index contributed by atoms with van der Waals surface area (Å²) >= 11 is 0. The Morgan fingerprint density at radius 2 is 2.00 bits per heavy atom. The molecule has 0 bridgehead atoms. The third-order valence-corrected chi connectivity index (χ3v) is 4.73. The summed E-state index contributed by atoms with van der Waals surface area (Å²) in [6.45, 7) is 5.40. The van der Waals surface area contributed by atoms with Gasteiger partial charge in [0.2, 0.25) is 5.91 Å². The second kappa shape index (κ2) is 8.27. The summed E-state index contributed by atoms with van der Waals surface area (Å²) in [6, 6.07) is 13.1. The smallest absolute Gasteiger partial charge is 0.264 e. The number of aryl methyl sites for hydroxylation is 1. The first-order valence-corrected chi connectivity index (χ1v) is 9.05. The number of amides is 1. The van der Waals surface area contributed by atoms with Crippen LogP contribution in [-0.4, -0.2) is 40.2 Å². The van der Waals surface area contributed by atoms with E-state index in [1.165, 1.54) is 6.07 Å². The first kappa shape index (κ1) is 18.3. The number of hydrogen-bond acceptors (Lipinski definition) is 4. The van der Waals surface area contributed by atoms with Crippen molar-refractivity contribution < 1.29 is 9.53 Å². The number of benzene rings is 1. The number of carbonyl (C=O) groups is 1. The quantitative estimate of drug-likeness (QED) is 0.893. The predicted molar refractivity (Wildman–Crippen MR) is 98.7 cm³/mol. The van der Waals surface area contributed by atoms with E-state index in [0.29, 0.717) is 37.5 Å². The fraction of sp³-hybridized carbons (Fsp3) is 0.450. The lowest BCUT2D eigenvalue weighted by molar-refractivity contribution is -0.150. The summed E-state index contributed by atoms with van der Waals surface area (Å²) in [4.78, 5) is 25.7. The largest absolute Gasteiger partial charge is 0.366 e. The van der Waals surface area contributed by atoms with E-state index in [-0.39, 0.29) is 23.7 Å². The van der Waals surface area contributed by atoms with E-state index in [2.05, 4.69) is 24.0 Å². The van der Waals surface area contributed by atoms with Gasteiger partial charge in [0.1, 0.15) is 6.10 Å². The van der Waals surface area contributed by atoms with Gasteiger partial charge in [-0.1, -0.05) is 44.2 Å². The molecule has 6 nitrogen and oxygen atoms in total. The number of rotatable bonds is 5. The molecule has 1 aliphatic heterocycles. The van der Waals surface area contributed by atoms with Gasteiger partial charge in [0.05, 0.1) is 18.3 Å². The van der Waals surface area contributed by atoms with Gasteiger partial charge in [-0.2, -0.15) is 5.10 Å². The highest BCUT2D eigenvalue weighted by atomic mass is 16.5. The van der Waals surface area contributed by atoms with Crippen molar-refractivity contribution in [1.82, 2.24) is 15.1 Å². The van der Waals surface area contributed by atoms with Crippen LogP contribution in [0, 0.1) is 5.92 Å². The lowest BCUT2D eigenvalue weighted by Gasteiger charge is -2.40. The van der Waals surface area contributed by atoms with Gasteiger partial charge in [-0.05, 0) is 17.5 Å². The maximum absolute atomic E-state index is 12.8. The average Bonchev–Trinajstić information content (AvgIpc) is 2.67. The van der Waals surface area contributed by atoms with Crippen LogP contribution in [-0.2, 0) is 16.0 Å². The van der Waals surface area contributed by atoms with Gasteiger partial charge in [-0.15, -0.1) is 0 Å². The number of nitrogens with one attached hydrogen (secondary N) is 1. The van der Waals surface area contributed by atoms with Crippen molar-refractivity contribution in [2.45, 2.75) is 38.9 Å². The van der Waals surface area contributed by atoms with Gasteiger partial charge in [0.25, 0.3) is 5.56 Å². The molecular weight excluding hydrogens is 330 g/mol. The molecule has 2 atom stereocenters. The number of ether oxygens (including phenoxy) is 1. The summed E-state index contributed by atoms with van der Waals surface area (Å²) in [6.07, 6.45) is 0.789. The van der Waals surface area contributed by atoms with E-state index in [4.69, 9.17) is 4.74 Å². The Morgan fingerprint density at radius 1 is 1.23 bits per heavy atom. The van der Waals surface area contributed by atoms with E-state index in [1.54, 1.807) is 6.07 Å². The number of H-pyrrole nitrogens is 1. The van der Waals surface area contributed by atoms with Crippen LogP contribution < -0.4 is 5.56 Å². The number of hydrogen-bond donors (Lipinski definition) is 1. The number of aromatic amines is 1. The minimum Gasteiger partial charge on any atom is -0.366 e. The molecule has 0 aliphatic carbocycles. The molecule has 1 saturated heterocycles. The fourth-order valence-electron chi connectivity index (χ4n) is 3.12. The third kappa shape index (κ3) is 4.58. The van der Waals surface area contributed by atoms with E-state index < -0.39 is 0 Å². The van der Waals surface area contributed by atoms with E-state index in [0.717, 1.165) is 5.56 Å². The molecule has 1 aromatic carbocycles. The Balaban J connectivity index is 1.67. The van der Waals surface area contributed by atoms with Gasteiger partial charge in [0.15, 0.2) is 0 Å². The molecule has 1 N–H and O–H groups in total. The molecule has 0 saturated carbocycles. The Morgan fingerprint density at radius 3 is 2.65 bits per heavy atom. The van der Waals surface area contributed by atoms with E-state index in [9.17, 15) is 9.59 Å². The van der Waals surface area contributed by atoms with Crippen molar-refractivity contribution in [2.24, 2.45) is 5.92 Å². The van der Waals surface area contributed by atoms with Gasteiger partial charge in [0, 0.05) is 25.5 Å². The van der Waals surface area contributed by atoms with Crippen LogP contribution >= 0.6 is 0 Å². The normalized spacial score (nSPS) is 20.3. The summed E-state index contributed by atoms with van der Waals surface area (Å²) in [5.74, 6) is 0.422. The maximum atomic E-state index is 12.8. The molecule has 1 fully saturated rings. The summed E-state index contributed by atoms with van der Waals surface area (Å²) in [5.41, 5.74) is 1.57. The fourth-order valence-corrected chi connectivity index (χ4v) is 3.12. The third-order valence-electron chi connectivity index (χ3n) is 4.73. The lowest BCUT2D eigenvalue weighted by atomic mass is 10.0. The first-order valence-electron chi connectivity index (χ1n) is 9.05. The highest BCUT2D eigenvalue weighted by Crippen LogP contribution is 2.28. The molecule has 2 aromatic rings. The second-order valence-electron chi connectivity index (χ2n) is 7.03. The molecule has 2 heterocycles. The minimum atomic E-state index is -0.237. The number of morpholine rings is 1. The van der Waals surface area contributed by atoms with Crippen molar-refractivity contribution in [2.75, 3.05) is 13.1 Å². The first-order chi connectivity index (χ1) is 12.5. The average molecular weight is 355 g/mol. The monoisotopic (exact) mass is 355 g/mol. The SMILES string of the molecule is CC(C)[C@H]1CN(C(=O)CCc2ccc(=O)[nH]n2)C[C@@H](c2ccccc2)O1. The standard InChI is InChI=1S/C20H25N3O3/c1-14(2)17-12-23(13-18(26-17)15-6-4-3-5-7-15)20(25)11-9-16-8-10-19(24)22-21-16/h3-8,10,14,17-18H,9,11-13H2,1-2H3,(H,22,24)/t17-,18+/m1/s1. The van der Waals surface area contributed by atoms with Gasteiger partial charge in [-0.3, -0.25) is 9.59 Å². The van der Waals surface area contributed by atoms with Crippen LogP contribution in [0.25, 0.3) is 0 Å². The minimum absolute atomic E-state index is 0.0177. The van der Waals surface area contributed by atoms with Crippen LogP contribution in [0.1, 0.15) is 37.6 Å². The summed E-state index contributed by atoms with van der Waals surface area (Å²) in [7, 11) is 0. The predicted octanol–water partition coefficient (Wildman–Crippen LogP) is 2.33. The molecule has 3 rings (SSSR count). The zero-order valence-electron chi connectivity index (χ0n) is 15.2. The molecule has 6 heteroatoms. The number of carbonyl (C=O) groups excluding carboxylic acids is 1. The summed E-state index contributed by atoms with van der Waals surface area (Å²) in [5, 5.41) is 6.37. The zero-order valence-corrected chi connectivity index (χ0v) is 15.2. The Kier molecular flexibility index (Phi) is 5.83. The molecule has 1 aromatic heterocycles. The molecular formula is C20H25N3O3. The van der Waals surface area contributed by atoms with Crippen molar-refractivity contribution in [3.8, 4) is 0 Å². The lowest BCUT2D eigenvalue weighted by Crippen LogP contribution is -2.48. The maximum Gasteiger partial charge on any atom is 0.264 e. The van der Waals surface area contributed by atoms with E-state index in [1.807, 2.05) is 35.2 Å². The van der Waals surface area contributed by atoms with Crippen LogP contribution in [0.15, 0.2) is 47.3 Å². The Labute approximate surface area is 153 Å². The molecule has 26 heavy (non-hydrogen) atoms. The zero-order chi connectivity index (χ0) is 18.5. The number of nitrogens with zero attached hydrogens (tertiary/aromatic N) is 2. The molecule has 0 radical (unpaired) electrons. The summed E-state index contributed by atoms with van der Waals surface area (Å²) < 4.78 is 6.24. The Bertz CT molecular complexity index is 768. The van der Waals surface area contributed by atoms with Crippen molar-refractivity contribution in [1.29, 1.82) is 0 Å². The van der Waals surface area contributed by atoms with Gasteiger partial charge < -0.3 is 9.64 Å².